The second-order valence-corrected chi connectivity index (χ2v) is 9.89. The number of rotatable bonds is 10. The van der Waals surface area contributed by atoms with Crippen LogP contribution < -0.4 is 10.1 Å². The molecule has 0 bridgehead atoms. The van der Waals surface area contributed by atoms with Gasteiger partial charge in [-0.15, -0.1) is 0 Å². The normalized spacial score (nSPS) is 14.8. The molecule has 0 amide bonds. The number of benzene rings is 1. The van der Waals surface area contributed by atoms with Crippen molar-refractivity contribution in [2.24, 2.45) is 13.0 Å². The average Bonchev–Trinajstić information content (AvgIpc) is 3.17. The topological polar surface area (TPSA) is 69.0 Å². The smallest absolute Gasteiger partial charge is 0.418 e. The van der Waals surface area contributed by atoms with E-state index in [2.05, 4.69) is 15.3 Å². The number of hydrogen-bond donors (Lipinski definition) is 1. The molecule has 1 aliphatic carbocycles. The van der Waals surface area contributed by atoms with Crippen molar-refractivity contribution in [1.29, 1.82) is 0 Å². The molecular formula is C26H28ClF5N4O2. The van der Waals surface area contributed by atoms with Crippen LogP contribution in [0.2, 0.25) is 5.02 Å². The maximum atomic E-state index is 13.5. The van der Waals surface area contributed by atoms with Crippen LogP contribution in [0, 0.1) is 5.92 Å². The van der Waals surface area contributed by atoms with E-state index in [4.69, 9.17) is 16.3 Å². The number of aryl methyl sites for hydroxylation is 1. The summed E-state index contributed by atoms with van der Waals surface area (Å²) in [5, 5.41) is 2.44. The van der Waals surface area contributed by atoms with E-state index in [9.17, 15) is 26.7 Å². The van der Waals surface area contributed by atoms with Crippen molar-refractivity contribution in [3.05, 3.63) is 40.4 Å². The van der Waals surface area contributed by atoms with E-state index in [1.807, 2.05) is 0 Å². The van der Waals surface area contributed by atoms with Crippen molar-refractivity contribution >= 4 is 40.2 Å². The van der Waals surface area contributed by atoms with Gasteiger partial charge in [0.2, 0.25) is 11.8 Å². The molecule has 0 unspecified atom stereocenters. The number of pyridine rings is 1. The van der Waals surface area contributed by atoms with Crippen molar-refractivity contribution in [1.82, 2.24) is 14.5 Å². The van der Waals surface area contributed by atoms with E-state index in [1.54, 1.807) is 0 Å². The van der Waals surface area contributed by atoms with Crippen molar-refractivity contribution in [2.45, 2.75) is 64.0 Å². The molecule has 0 radical (unpaired) electrons. The van der Waals surface area contributed by atoms with Crippen molar-refractivity contribution in [3.8, 4) is 5.88 Å². The molecule has 3 aromatic rings. The summed E-state index contributed by atoms with van der Waals surface area (Å²) in [6, 6.07) is 4.76. The summed E-state index contributed by atoms with van der Waals surface area (Å²) in [5.74, 6) is -0.0239. The molecule has 206 valence electrons. The predicted molar refractivity (Wildman–Crippen MR) is 135 cm³/mol. The summed E-state index contributed by atoms with van der Waals surface area (Å²) in [7, 11) is 1.48. The number of Topliss-reactive ketones (excluding diaryl/α,β-unsaturated/α-hetero) is 1. The maximum absolute atomic E-state index is 13.5. The molecule has 1 N–H and O–H groups in total. The van der Waals surface area contributed by atoms with Crippen LogP contribution in [0.4, 0.5) is 33.6 Å². The summed E-state index contributed by atoms with van der Waals surface area (Å²) < 4.78 is 73.0. The molecule has 0 saturated heterocycles. The zero-order chi connectivity index (χ0) is 27.4. The molecule has 0 aliphatic heterocycles. The van der Waals surface area contributed by atoms with Gasteiger partial charge in [-0.2, -0.15) is 18.2 Å². The number of carbonyl (C=O) groups excluding carboxylic acids is 1. The Morgan fingerprint density at radius 2 is 1.95 bits per heavy atom. The van der Waals surface area contributed by atoms with Crippen LogP contribution >= 0.6 is 11.6 Å². The minimum Gasteiger partial charge on any atom is -0.471 e. The van der Waals surface area contributed by atoms with Crippen molar-refractivity contribution in [2.75, 3.05) is 11.9 Å². The second kappa shape index (κ2) is 11.8. The highest BCUT2D eigenvalue weighted by atomic mass is 35.5. The van der Waals surface area contributed by atoms with Crippen LogP contribution in [0.3, 0.4) is 0 Å². The number of halogens is 6. The summed E-state index contributed by atoms with van der Waals surface area (Å²) in [4.78, 5) is 21.6. The first kappa shape index (κ1) is 28.1. The quantitative estimate of drug-likeness (QED) is 0.202. The lowest BCUT2D eigenvalue weighted by atomic mass is 9.85. The summed E-state index contributed by atoms with van der Waals surface area (Å²) in [6.07, 6.45) is 0.214. The monoisotopic (exact) mass is 558 g/mol. The molecule has 38 heavy (non-hydrogen) atoms. The van der Waals surface area contributed by atoms with E-state index in [-0.39, 0.29) is 45.8 Å². The van der Waals surface area contributed by atoms with Gasteiger partial charge in [-0.1, -0.05) is 56.2 Å². The first-order valence-electron chi connectivity index (χ1n) is 12.5. The van der Waals surface area contributed by atoms with Gasteiger partial charge in [-0.25, -0.2) is 13.8 Å². The first-order chi connectivity index (χ1) is 18.0. The van der Waals surface area contributed by atoms with Gasteiger partial charge in [0.1, 0.15) is 5.52 Å². The number of imidazole rings is 1. The van der Waals surface area contributed by atoms with E-state index in [0.29, 0.717) is 12.3 Å². The minimum atomic E-state index is -4.68. The lowest BCUT2D eigenvalue weighted by Crippen LogP contribution is -2.13. The number of nitrogens with one attached hydrogen (secondary N) is 1. The SMILES string of the molecule is Cn1c(Nc2c(Cl)cccc2C(F)(F)F)nc2cc(C(=O)CCCC3CCCCC3)c(OCC(F)F)nc21. The molecule has 0 atom stereocenters. The van der Waals surface area contributed by atoms with Gasteiger partial charge in [-0.05, 0) is 30.5 Å². The third-order valence-corrected chi connectivity index (χ3v) is 7.07. The van der Waals surface area contributed by atoms with Crippen LogP contribution in [0.25, 0.3) is 11.2 Å². The Morgan fingerprint density at radius 3 is 2.63 bits per heavy atom. The number of anilines is 2. The lowest BCUT2D eigenvalue weighted by Gasteiger charge is -2.21. The van der Waals surface area contributed by atoms with E-state index < -0.39 is 30.5 Å². The van der Waals surface area contributed by atoms with Gasteiger partial charge < -0.3 is 10.1 Å². The summed E-state index contributed by atoms with van der Waals surface area (Å²) in [6.45, 7) is -0.960. The van der Waals surface area contributed by atoms with Crippen LogP contribution in [0.1, 0.15) is 67.3 Å². The fraction of sp³-hybridized carbons (Fsp3) is 0.500. The Kier molecular flexibility index (Phi) is 8.74. The predicted octanol–water partition coefficient (Wildman–Crippen LogP) is 7.96. The molecule has 12 heteroatoms. The number of hydrogen-bond acceptors (Lipinski definition) is 5. The Balaban J connectivity index is 1.63. The van der Waals surface area contributed by atoms with Crippen LogP contribution in [-0.2, 0) is 13.2 Å². The number of nitrogens with zero attached hydrogens (tertiary/aromatic N) is 3. The Bertz CT molecular complexity index is 1290. The zero-order valence-corrected chi connectivity index (χ0v) is 21.5. The highest BCUT2D eigenvalue weighted by molar-refractivity contribution is 6.33. The van der Waals surface area contributed by atoms with E-state index in [0.717, 1.165) is 25.3 Å². The Morgan fingerprint density at radius 1 is 1.21 bits per heavy atom. The standard InChI is InChI=1S/C26H28ClF5N4O2/c1-36-23-19(33-25(36)34-22-17(26(30,31)32)10-6-11-18(22)27)13-16(24(35-23)38-14-21(28)29)20(37)12-5-9-15-7-3-2-4-8-15/h6,10-11,13,15,21H,2-5,7-9,12,14H2,1H3,(H,33,34). The molecule has 1 aliphatic rings. The van der Waals surface area contributed by atoms with Gasteiger partial charge in [0.25, 0.3) is 6.43 Å². The molecule has 4 rings (SSSR count). The van der Waals surface area contributed by atoms with Gasteiger partial charge >= 0.3 is 6.18 Å². The molecule has 2 heterocycles. The number of aromatic nitrogens is 3. The van der Waals surface area contributed by atoms with E-state index >= 15 is 0 Å². The third kappa shape index (κ3) is 6.54. The minimum absolute atomic E-state index is 0.0140. The fourth-order valence-electron chi connectivity index (χ4n) is 4.82. The van der Waals surface area contributed by atoms with Gasteiger partial charge in [0, 0.05) is 13.5 Å². The molecule has 2 aromatic heterocycles. The number of ketones is 1. The first-order valence-corrected chi connectivity index (χ1v) is 12.9. The molecule has 1 fully saturated rings. The second-order valence-electron chi connectivity index (χ2n) is 9.48. The number of ether oxygens (including phenoxy) is 1. The highest BCUT2D eigenvalue weighted by Crippen LogP contribution is 2.40. The average molecular weight is 559 g/mol. The van der Waals surface area contributed by atoms with Gasteiger partial charge in [-0.3, -0.25) is 9.36 Å². The Hall–Kier alpha value is -2.95. The number of carbonyl (C=O) groups is 1. The number of para-hydroxylation sites is 1. The molecule has 6 nitrogen and oxygen atoms in total. The number of alkyl halides is 5. The highest BCUT2D eigenvalue weighted by Gasteiger charge is 2.35. The molecule has 1 saturated carbocycles. The zero-order valence-electron chi connectivity index (χ0n) is 20.8. The molecule has 0 spiro atoms. The van der Waals surface area contributed by atoms with Crippen LogP contribution in [0.15, 0.2) is 24.3 Å². The van der Waals surface area contributed by atoms with Crippen molar-refractivity contribution < 1.29 is 31.5 Å². The van der Waals surface area contributed by atoms with E-state index in [1.165, 1.54) is 49.1 Å². The lowest BCUT2D eigenvalue weighted by molar-refractivity contribution is -0.136. The van der Waals surface area contributed by atoms with Crippen molar-refractivity contribution in [3.63, 3.8) is 0 Å². The van der Waals surface area contributed by atoms with Crippen LogP contribution in [-0.4, -0.2) is 33.4 Å². The maximum Gasteiger partial charge on any atom is 0.418 e. The summed E-state index contributed by atoms with van der Waals surface area (Å²) in [5.41, 5.74) is -1.04. The summed E-state index contributed by atoms with van der Waals surface area (Å²) >= 11 is 6.05. The Labute approximate surface area is 221 Å². The van der Waals surface area contributed by atoms with Gasteiger partial charge in [0.05, 0.1) is 21.8 Å². The third-order valence-electron chi connectivity index (χ3n) is 6.75. The fourth-order valence-corrected chi connectivity index (χ4v) is 5.04. The van der Waals surface area contributed by atoms with Gasteiger partial charge in [0.15, 0.2) is 18.0 Å². The molecular weight excluding hydrogens is 531 g/mol. The largest absolute Gasteiger partial charge is 0.471 e. The molecule has 1 aromatic carbocycles. The van der Waals surface area contributed by atoms with Crippen LogP contribution in [0.5, 0.6) is 5.88 Å². The number of fused-ring (bicyclic) bond motifs is 1.